The van der Waals surface area contributed by atoms with E-state index >= 15 is 0 Å². The van der Waals surface area contributed by atoms with Crippen molar-refractivity contribution in [1.29, 1.82) is 0 Å². The van der Waals surface area contributed by atoms with Gasteiger partial charge >= 0.3 is 0 Å². The molecular weight excluding hydrogens is 178 g/mol. The van der Waals surface area contributed by atoms with Crippen LogP contribution in [0.4, 0.5) is 0 Å². The molecule has 0 aromatic heterocycles. The first-order chi connectivity index (χ1) is 6.36. The third-order valence-electron chi connectivity index (χ3n) is 1.89. The highest BCUT2D eigenvalue weighted by molar-refractivity contribution is 8.02. The Kier molecular flexibility index (Phi) is 4.65. The molecule has 1 rings (SSSR count). The van der Waals surface area contributed by atoms with Crippen LogP contribution in [0.3, 0.4) is 0 Å². The highest BCUT2D eigenvalue weighted by Gasteiger charge is 1.92. The molecule has 0 fully saturated rings. The Morgan fingerprint density at radius 3 is 2.38 bits per heavy atom. The van der Waals surface area contributed by atoms with Gasteiger partial charge in [0.2, 0.25) is 0 Å². The summed E-state index contributed by atoms with van der Waals surface area (Å²) >= 11 is 1.75. The third kappa shape index (κ3) is 3.66. The lowest BCUT2D eigenvalue weighted by Gasteiger charge is -2.00. The summed E-state index contributed by atoms with van der Waals surface area (Å²) in [6.07, 6.45) is 1.10. The molecular formula is C11H15NS. The maximum Gasteiger partial charge on any atom is 0.0178 e. The second-order valence-corrected chi connectivity index (χ2v) is 3.88. The zero-order valence-corrected chi connectivity index (χ0v) is 8.52. The maximum absolute atomic E-state index is 5.50. The summed E-state index contributed by atoms with van der Waals surface area (Å²) in [6.45, 7) is 4.29. The van der Waals surface area contributed by atoms with Gasteiger partial charge in [0.25, 0.3) is 0 Å². The maximum atomic E-state index is 5.50. The first kappa shape index (κ1) is 10.4. The smallest absolute Gasteiger partial charge is 0.0178 e. The molecule has 13 heavy (non-hydrogen) atoms. The van der Waals surface area contributed by atoms with Crippen molar-refractivity contribution in [3.63, 3.8) is 0 Å². The van der Waals surface area contributed by atoms with Crippen LogP contribution in [0.5, 0.6) is 0 Å². The molecule has 0 aliphatic rings. The minimum Gasteiger partial charge on any atom is -0.326 e. The number of nitrogens with two attached hydrogens (primary N) is 1. The zero-order valence-electron chi connectivity index (χ0n) is 7.70. The van der Waals surface area contributed by atoms with Crippen LogP contribution < -0.4 is 5.73 Å². The van der Waals surface area contributed by atoms with Crippen molar-refractivity contribution in [3.8, 4) is 0 Å². The van der Waals surface area contributed by atoms with Crippen molar-refractivity contribution in [2.45, 2.75) is 13.0 Å². The lowest BCUT2D eigenvalue weighted by molar-refractivity contribution is 1.06. The Morgan fingerprint density at radius 2 is 1.85 bits per heavy atom. The molecule has 0 heterocycles. The highest BCUT2D eigenvalue weighted by Crippen LogP contribution is 2.08. The van der Waals surface area contributed by atoms with E-state index in [1.807, 2.05) is 5.41 Å². The second kappa shape index (κ2) is 5.84. The lowest BCUT2D eigenvalue weighted by Crippen LogP contribution is -1.96. The van der Waals surface area contributed by atoms with Gasteiger partial charge in [0.05, 0.1) is 0 Å². The number of hydrogen-bond acceptors (Lipinski definition) is 2. The van der Waals surface area contributed by atoms with Gasteiger partial charge in [-0.25, -0.2) is 0 Å². The number of hydrogen-bond donors (Lipinski definition) is 1. The predicted octanol–water partition coefficient (Wildman–Crippen LogP) is 2.56. The Morgan fingerprint density at radius 1 is 1.23 bits per heavy atom. The Labute approximate surface area is 84.0 Å². The van der Waals surface area contributed by atoms with E-state index in [0.29, 0.717) is 6.54 Å². The number of benzene rings is 1. The SMILES string of the molecule is C=CSCCc1ccc(CN)cc1. The first-order valence-electron chi connectivity index (χ1n) is 4.37. The first-order valence-corrected chi connectivity index (χ1v) is 5.42. The average molecular weight is 193 g/mol. The van der Waals surface area contributed by atoms with Crippen LogP contribution in [0.2, 0.25) is 0 Å². The summed E-state index contributed by atoms with van der Waals surface area (Å²) in [6, 6.07) is 8.47. The molecule has 0 bridgehead atoms. The van der Waals surface area contributed by atoms with Crippen LogP contribution in [0.15, 0.2) is 36.3 Å². The molecule has 0 atom stereocenters. The molecule has 0 unspecified atom stereocenters. The fraction of sp³-hybridized carbons (Fsp3) is 0.273. The number of thioether (sulfide) groups is 1. The van der Waals surface area contributed by atoms with Gasteiger partial charge in [0.1, 0.15) is 0 Å². The van der Waals surface area contributed by atoms with E-state index in [9.17, 15) is 0 Å². The average Bonchev–Trinajstić information content (AvgIpc) is 2.19. The van der Waals surface area contributed by atoms with E-state index in [1.165, 1.54) is 11.1 Å². The van der Waals surface area contributed by atoms with Crippen molar-refractivity contribution in [2.75, 3.05) is 5.75 Å². The molecule has 1 aromatic rings. The molecule has 2 N–H and O–H groups in total. The molecule has 0 aliphatic carbocycles. The Bertz CT molecular complexity index is 253. The quantitative estimate of drug-likeness (QED) is 0.727. The van der Waals surface area contributed by atoms with E-state index in [-0.39, 0.29) is 0 Å². The van der Waals surface area contributed by atoms with Crippen molar-refractivity contribution in [3.05, 3.63) is 47.4 Å². The third-order valence-corrected chi connectivity index (χ3v) is 2.56. The molecule has 0 spiro atoms. The number of aryl methyl sites for hydroxylation is 1. The summed E-state index contributed by atoms with van der Waals surface area (Å²) in [5.41, 5.74) is 8.07. The monoisotopic (exact) mass is 193 g/mol. The van der Waals surface area contributed by atoms with Crippen LogP contribution in [0.25, 0.3) is 0 Å². The topological polar surface area (TPSA) is 26.0 Å². The predicted molar refractivity (Wildman–Crippen MR) is 60.7 cm³/mol. The molecule has 70 valence electrons. The normalized spacial score (nSPS) is 9.92. The van der Waals surface area contributed by atoms with Crippen LogP contribution in [-0.2, 0) is 13.0 Å². The van der Waals surface area contributed by atoms with Gasteiger partial charge in [-0.2, -0.15) is 0 Å². The van der Waals surface area contributed by atoms with E-state index in [2.05, 4.69) is 30.8 Å². The minimum atomic E-state index is 0.627. The van der Waals surface area contributed by atoms with E-state index < -0.39 is 0 Å². The Balaban J connectivity index is 2.44. The largest absolute Gasteiger partial charge is 0.326 e. The van der Waals surface area contributed by atoms with E-state index in [1.54, 1.807) is 11.8 Å². The summed E-state index contributed by atoms with van der Waals surface area (Å²) in [5, 5.41) is 1.88. The van der Waals surface area contributed by atoms with Crippen LogP contribution >= 0.6 is 11.8 Å². The van der Waals surface area contributed by atoms with Crippen LogP contribution in [-0.4, -0.2) is 5.75 Å². The molecule has 0 amide bonds. The molecule has 0 radical (unpaired) electrons. The van der Waals surface area contributed by atoms with Gasteiger partial charge < -0.3 is 5.73 Å². The van der Waals surface area contributed by atoms with Crippen LogP contribution in [0, 0.1) is 0 Å². The van der Waals surface area contributed by atoms with Gasteiger partial charge in [-0.15, -0.1) is 11.8 Å². The second-order valence-electron chi connectivity index (χ2n) is 2.81. The van der Waals surface area contributed by atoms with Crippen molar-refractivity contribution in [1.82, 2.24) is 0 Å². The zero-order chi connectivity index (χ0) is 9.52. The minimum absolute atomic E-state index is 0.627. The van der Waals surface area contributed by atoms with Crippen molar-refractivity contribution >= 4 is 11.8 Å². The standard InChI is InChI=1S/C11H15NS/c1-2-13-8-7-10-3-5-11(9-12)6-4-10/h2-6H,1,7-9,12H2. The fourth-order valence-electron chi connectivity index (χ4n) is 1.10. The molecule has 0 saturated heterocycles. The summed E-state index contributed by atoms with van der Waals surface area (Å²) in [4.78, 5) is 0. The highest BCUT2D eigenvalue weighted by atomic mass is 32.2. The van der Waals surface area contributed by atoms with Gasteiger partial charge in [-0.05, 0) is 23.0 Å². The molecule has 1 nitrogen and oxygen atoms in total. The number of rotatable bonds is 5. The summed E-state index contributed by atoms with van der Waals surface area (Å²) in [5.74, 6) is 1.10. The summed E-state index contributed by atoms with van der Waals surface area (Å²) < 4.78 is 0. The van der Waals surface area contributed by atoms with Crippen molar-refractivity contribution in [2.24, 2.45) is 5.73 Å². The lowest BCUT2D eigenvalue weighted by atomic mass is 10.1. The van der Waals surface area contributed by atoms with Crippen molar-refractivity contribution < 1.29 is 0 Å². The fourth-order valence-corrected chi connectivity index (χ4v) is 1.62. The molecule has 0 saturated carbocycles. The molecule has 0 aliphatic heterocycles. The molecule has 2 heteroatoms. The summed E-state index contributed by atoms with van der Waals surface area (Å²) in [7, 11) is 0. The van der Waals surface area contributed by atoms with E-state index in [4.69, 9.17) is 5.73 Å². The van der Waals surface area contributed by atoms with Gasteiger partial charge in [0, 0.05) is 12.3 Å². The van der Waals surface area contributed by atoms with Crippen LogP contribution in [0.1, 0.15) is 11.1 Å². The Hall–Kier alpha value is -0.730. The van der Waals surface area contributed by atoms with Gasteiger partial charge in [-0.3, -0.25) is 0 Å². The van der Waals surface area contributed by atoms with Gasteiger partial charge in [-0.1, -0.05) is 30.8 Å². The van der Waals surface area contributed by atoms with Gasteiger partial charge in [0.15, 0.2) is 0 Å². The molecule has 1 aromatic carbocycles. The van der Waals surface area contributed by atoms with E-state index in [0.717, 1.165) is 12.2 Å².